The Morgan fingerprint density at radius 2 is 2.30 bits per heavy atom. The van der Waals surface area contributed by atoms with Crippen LogP contribution in [0, 0.1) is 6.92 Å². The maximum Gasteiger partial charge on any atom is 0.256 e. The third-order valence-corrected chi connectivity index (χ3v) is 1.39. The van der Waals surface area contributed by atoms with E-state index < -0.39 is 6.43 Å². The van der Waals surface area contributed by atoms with Crippen LogP contribution in [-0.2, 0) is 6.54 Å². The lowest BCUT2D eigenvalue weighted by Crippen LogP contribution is -2.06. The number of hydrogen-bond acceptors (Lipinski definition) is 0. The van der Waals surface area contributed by atoms with Gasteiger partial charge in [0, 0.05) is 11.9 Å². The molecule has 0 fully saturated rings. The maximum atomic E-state index is 11.8. The van der Waals surface area contributed by atoms with Crippen LogP contribution in [-0.4, -0.2) is 11.0 Å². The third kappa shape index (κ3) is 1.56. The lowest BCUT2D eigenvalue weighted by atomic mass is 10.5. The molecule has 1 nitrogen and oxygen atoms in total. The Labute approximate surface area is 58.3 Å². The van der Waals surface area contributed by atoms with E-state index in [9.17, 15) is 8.78 Å². The molecule has 0 atom stereocenters. The van der Waals surface area contributed by atoms with E-state index in [-0.39, 0.29) is 6.54 Å². The summed E-state index contributed by atoms with van der Waals surface area (Å²) in [5.74, 6) is 0. The van der Waals surface area contributed by atoms with Crippen LogP contribution in [0.2, 0.25) is 0 Å². The summed E-state index contributed by atoms with van der Waals surface area (Å²) in [5.41, 5.74) is 0.875. The Bertz CT molecular complexity index is 205. The van der Waals surface area contributed by atoms with Gasteiger partial charge in [-0.2, -0.15) is 0 Å². The molecule has 0 radical (unpaired) electrons. The van der Waals surface area contributed by atoms with Gasteiger partial charge < -0.3 is 4.57 Å². The monoisotopic (exact) mass is 145 g/mol. The fourth-order valence-electron chi connectivity index (χ4n) is 0.853. The van der Waals surface area contributed by atoms with Gasteiger partial charge in [-0.3, -0.25) is 0 Å². The summed E-state index contributed by atoms with van der Waals surface area (Å²) >= 11 is 0. The van der Waals surface area contributed by atoms with Crippen LogP contribution in [0.25, 0.3) is 0 Å². The van der Waals surface area contributed by atoms with E-state index in [1.807, 2.05) is 13.0 Å². The minimum Gasteiger partial charge on any atom is -0.346 e. The molecule has 0 aliphatic heterocycles. The van der Waals surface area contributed by atoms with E-state index in [1.54, 1.807) is 12.3 Å². The first-order chi connectivity index (χ1) is 4.70. The van der Waals surface area contributed by atoms with Crippen LogP contribution in [0.15, 0.2) is 18.3 Å². The van der Waals surface area contributed by atoms with Crippen LogP contribution in [0.4, 0.5) is 8.78 Å². The second-order valence-electron chi connectivity index (χ2n) is 2.19. The number of halogens is 2. The van der Waals surface area contributed by atoms with Crippen molar-refractivity contribution in [1.82, 2.24) is 4.57 Å². The molecule has 0 aliphatic carbocycles. The van der Waals surface area contributed by atoms with Gasteiger partial charge in [0.15, 0.2) is 0 Å². The quantitative estimate of drug-likeness (QED) is 0.600. The van der Waals surface area contributed by atoms with Crippen molar-refractivity contribution in [3.05, 3.63) is 24.0 Å². The Kier molecular flexibility index (Phi) is 2.04. The Balaban J connectivity index is 2.65. The van der Waals surface area contributed by atoms with Crippen molar-refractivity contribution < 1.29 is 8.78 Å². The average Bonchev–Trinajstić information content (AvgIpc) is 2.15. The fourth-order valence-corrected chi connectivity index (χ4v) is 0.853. The molecule has 0 spiro atoms. The molecule has 1 aromatic rings. The Hall–Kier alpha value is -0.860. The van der Waals surface area contributed by atoms with Crippen LogP contribution in [0.1, 0.15) is 5.69 Å². The van der Waals surface area contributed by atoms with Gasteiger partial charge in [-0.15, -0.1) is 0 Å². The van der Waals surface area contributed by atoms with Crippen molar-refractivity contribution >= 4 is 0 Å². The van der Waals surface area contributed by atoms with E-state index in [4.69, 9.17) is 0 Å². The van der Waals surface area contributed by atoms with Crippen molar-refractivity contribution in [3.63, 3.8) is 0 Å². The molecular formula is C7H9F2N. The van der Waals surface area contributed by atoms with Gasteiger partial charge in [-0.1, -0.05) is 0 Å². The molecule has 0 aliphatic rings. The fraction of sp³-hybridized carbons (Fsp3) is 0.429. The highest BCUT2D eigenvalue weighted by atomic mass is 19.3. The minimum atomic E-state index is -2.26. The van der Waals surface area contributed by atoms with Crippen LogP contribution in [0.3, 0.4) is 0 Å². The van der Waals surface area contributed by atoms with E-state index in [0.717, 1.165) is 5.69 Å². The van der Waals surface area contributed by atoms with Crippen LogP contribution < -0.4 is 0 Å². The van der Waals surface area contributed by atoms with Gasteiger partial charge in [0.25, 0.3) is 6.43 Å². The molecule has 1 aromatic heterocycles. The first-order valence-electron chi connectivity index (χ1n) is 3.10. The molecule has 1 rings (SSSR count). The average molecular weight is 145 g/mol. The highest BCUT2D eigenvalue weighted by Gasteiger charge is 2.03. The Morgan fingerprint density at radius 3 is 2.70 bits per heavy atom. The van der Waals surface area contributed by atoms with Gasteiger partial charge in [0.05, 0.1) is 6.54 Å². The second-order valence-corrected chi connectivity index (χ2v) is 2.19. The molecule has 0 saturated heterocycles. The molecule has 0 unspecified atom stereocenters. The standard InChI is InChI=1S/C7H9F2N/c1-6-3-2-4-10(6)5-7(8)9/h2-4,7H,5H2,1H3. The summed E-state index contributed by atoms with van der Waals surface area (Å²) in [4.78, 5) is 0. The molecule has 1 heterocycles. The van der Waals surface area contributed by atoms with Crippen molar-refractivity contribution in [3.8, 4) is 0 Å². The topological polar surface area (TPSA) is 4.93 Å². The highest BCUT2D eigenvalue weighted by Crippen LogP contribution is 2.03. The van der Waals surface area contributed by atoms with Crippen molar-refractivity contribution in [2.75, 3.05) is 0 Å². The van der Waals surface area contributed by atoms with Gasteiger partial charge in [-0.25, -0.2) is 8.78 Å². The van der Waals surface area contributed by atoms with Gasteiger partial charge in [0.2, 0.25) is 0 Å². The zero-order chi connectivity index (χ0) is 7.56. The molecule has 0 N–H and O–H groups in total. The summed E-state index contributed by atoms with van der Waals surface area (Å²) < 4.78 is 25.0. The summed E-state index contributed by atoms with van der Waals surface area (Å²) in [6, 6.07) is 3.57. The summed E-state index contributed by atoms with van der Waals surface area (Å²) in [6.07, 6.45) is -0.604. The van der Waals surface area contributed by atoms with E-state index >= 15 is 0 Å². The number of aryl methyl sites for hydroxylation is 1. The van der Waals surface area contributed by atoms with E-state index in [0.29, 0.717) is 0 Å². The predicted octanol–water partition coefficient (Wildman–Crippen LogP) is 2.06. The molecule has 0 aromatic carbocycles. The van der Waals surface area contributed by atoms with E-state index in [1.165, 1.54) is 4.57 Å². The molecule has 10 heavy (non-hydrogen) atoms. The van der Waals surface area contributed by atoms with Crippen molar-refractivity contribution in [2.24, 2.45) is 0 Å². The first kappa shape index (κ1) is 7.25. The van der Waals surface area contributed by atoms with Crippen molar-refractivity contribution in [1.29, 1.82) is 0 Å². The lowest BCUT2D eigenvalue weighted by Gasteiger charge is -2.03. The zero-order valence-corrected chi connectivity index (χ0v) is 5.72. The smallest absolute Gasteiger partial charge is 0.256 e. The summed E-state index contributed by atoms with van der Waals surface area (Å²) in [5, 5.41) is 0. The van der Waals surface area contributed by atoms with Gasteiger partial charge in [0.1, 0.15) is 0 Å². The third-order valence-electron chi connectivity index (χ3n) is 1.39. The largest absolute Gasteiger partial charge is 0.346 e. The zero-order valence-electron chi connectivity index (χ0n) is 5.72. The van der Waals surface area contributed by atoms with Crippen molar-refractivity contribution in [2.45, 2.75) is 19.9 Å². The van der Waals surface area contributed by atoms with Gasteiger partial charge >= 0.3 is 0 Å². The second kappa shape index (κ2) is 2.82. The molecule has 3 heteroatoms. The number of aromatic nitrogens is 1. The summed E-state index contributed by atoms with van der Waals surface area (Å²) in [7, 11) is 0. The Morgan fingerprint density at radius 1 is 1.60 bits per heavy atom. The number of hydrogen-bond donors (Lipinski definition) is 0. The SMILES string of the molecule is Cc1cccn1CC(F)F. The molecule has 0 amide bonds. The first-order valence-corrected chi connectivity index (χ1v) is 3.10. The molecule has 0 saturated carbocycles. The minimum absolute atomic E-state index is 0.196. The highest BCUT2D eigenvalue weighted by molar-refractivity contribution is 5.04. The molecule has 56 valence electrons. The number of rotatable bonds is 2. The number of alkyl halides is 2. The van der Waals surface area contributed by atoms with Gasteiger partial charge in [-0.05, 0) is 19.1 Å². The van der Waals surface area contributed by atoms with Crippen LogP contribution in [0.5, 0.6) is 0 Å². The van der Waals surface area contributed by atoms with E-state index in [2.05, 4.69) is 0 Å². The summed E-state index contributed by atoms with van der Waals surface area (Å²) in [6.45, 7) is 1.61. The maximum absolute atomic E-state index is 11.8. The normalized spacial score (nSPS) is 10.8. The van der Waals surface area contributed by atoms with Crippen LogP contribution >= 0.6 is 0 Å². The predicted molar refractivity (Wildman–Crippen MR) is 35.2 cm³/mol. The molecular weight excluding hydrogens is 136 g/mol. The molecule has 0 bridgehead atoms. The lowest BCUT2D eigenvalue weighted by molar-refractivity contribution is 0.126. The number of nitrogens with zero attached hydrogens (tertiary/aromatic N) is 1.